The molecule has 0 unspecified atom stereocenters. The number of aryl methyl sites for hydroxylation is 3. The number of sulfonamides is 1. The first-order valence-electron chi connectivity index (χ1n) is 6.56. The number of ether oxygens (including phenoxy) is 1. The Kier molecular flexibility index (Phi) is 4.62. The highest BCUT2D eigenvalue weighted by Crippen LogP contribution is 2.20. The smallest absolute Gasteiger partial charge is 0.257 e. The fraction of sp³-hybridized carbons (Fsp3) is 0.286. The molecule has 2 aromatic rings. The molecule has 0 fully saturated rings. The SMILES string of the molecule is COc1ccc(S(=O)(=O)NNc2nc(C)cc(C)n2)c(C)c1. The predicted molar refractivity (Wildman–Crippen MR) is 83.2 cm³/mol. The minimum absolute atomic E-state index is 0.158. The quantitative estimate of drug-likeness (QED) is 0.814. The first-order valence-corrected chi connectivity index (χ1v) is 8.05. The van der Waals surface area contributed by atoms with Gasteiger partial charge >= 0.3 is 0 Å². The van der Waals surface area contributed by atoms with Crippen LogP contribution in [0.4, 0.5) is 5.95 Å². The molecular formula is C14H18N4O3S. The Hall–Kier alpha value is -2.19. The first kappa shape index (κ1) is 16.2. The number of rotatable bonds is 5. The van der Waals surface area contributed by atoms with E-state index in [1.54, 1.807) is 25.1 Å². The Morgan fingerprint density at radius 2 is 1.68 bits per heavy atom. The van der Waals surface area contributed by atoms with Crippen LogP contribution in [0.15, 0.2) is 29.2 Å². The fourth-order valence-electron chi connectivity index (χ4n) is 2.00. The number of benzene rings is 1. The summed E-state index contributed by atoms with van der Waals surface area (Å²) in [6.45, 7) is 5.31. The number of aromatic nitrogens is 2. The summed E-state index contributed by atoms with van der Waals surface area (Å²) in [5.41, 5.74) is 4.60. The zero-order chi connectivity index (χ0) is 16.3. The molecule has 0 saturated carbocycles. The summed E-state index contributed by atoms with van der Waals surface area (Å²) in [7, 11) is -2.21. The summed E-state index contributed by atoms with van der Waals surface area (Å²) < 4.78 is 29.7. The second kappa shape index (κ2) is 6.29. The normalized spacial score (nSPS) is 11.3. The molecule has 0 atom stereocenters. The number of anilines is 1. The lowest BCUT2D eigenvalue weighted by Crippen LogP contribution is -2.31. The molecule has 0 bridgehead atoms. The standard InChI is InChI=1S/C14H18N4O3S/c1-9-7-12(21-4)5-6-13(9)22(19,20)18-17-14-15-10(2)8-11(3)16-14/h5-8,18H,1-4H3,(H,15,16,17). The number of methoxy groups -OCH3 is 1. The Balaban J connectivity index is 2.21. The molecule has 0 saturated heterocycles. The van der Waals surface area contributed by atoms with Gasteiger partial charge in [-0.05, 0) is 50.6 Å². The van der Waals surface area contributed by atoms with Gasteiger partial charge in [0, 0.05) is 11.4 Å². The maximum atomic E-state index is 12.3. The van der Waals surface area contributed by atoms with Gasteiger partial charge in [-0.15, -0.1) is 4.83 Å². The number of hydrazine groups is 1. The Labute approximate surface area is 129 Å². The van der Waals surface area contributed by atoms with Crippen LogP contribution in [0, 0.1) is 20.8 Å². The minimum Gasteiger partial charge on any atom is -0.497 e. The Morgan fingerprint density at radius 1 is 1.05 bits per heavy atom. The number of nitrogens with one attached hydrogen (secondary N) is 2. The van der Waals surface area contributed by atoms with Crippen LogP contribution in [0.2, 0.25) is 0 Å². The Bertz CT molecular complexity index is 770. The molecule has 0 aliphatic carbocycles. The van der Waals surface area contributed by atoms with Crippen LogP contribution in [-0.2, 0) is 10.0 Å². The highest BCUT2D eigenvalue weighted by Gasteiger charge is 2.17. The number of hydrogen-bond acceptors (Lipinski definition) is 6. The van der Waals surface area contributed by atoms with Crippen LogP contribution in [0.25, 0.3) is 0 Å². The summed E-state index contributed by atoms with van der Waals surface area (Å²) in [5.74, 6) is 0.800. The molecule has 0 amide bonds. The van der Waals surface area contributed by atoms with E-state index in [2.05, 4.69) is 20.2 Å². The van der Waals surface area contributed by atoms with Crippen molar-refractivity contribution in [1.29, 1.82) is 0 Å². The zero-order valence-electron chi connectivity index (χ0n) is 12.8. The van der Waals surface area contributed by atoms with Crippen LogP contribution in [0.5, 0.6) is 5.75 Å². The predicted octanol–water partition coefficient (Wildman–Crippen LogP) is 1.72. The summed E-state index contributed by atoms with van der Waals surface area (Å²) >= 11 is 0. The molecule has 0 spiro atoms. The molecule has 7 nitrogen and oxygen atoms in total. The molecular weight excluding hydrogens is 304 g/mol. The van der Waals surface area contributed by atoms with E-state index in [4.69, 9.17) is 4.74 Å². The van der Waals surface area contributed by atoms with Crippen molar-refractivity contribution >= 4 is 16.0 Å². The Morgan fingerprint density at radius 3 is 2.23 bits per heavy atom. The van der Waals surface area contributed by atoms with E-state index in [9.17, 15) is 8.42 Å². The molecule has 0 aliphatic rings. The third kappa shape index (κ3) is 3.71. The second-order valence-corrected chi connectivity index (χ2v) is 6.49. The van der Waals surface area contributed by atoms with Gasteiger partial charge in [-0.1, -0.05) is 0 Å². The van der Waals surface area contributed by atoms with Crippen LogP contribution >= 0.6 is 0 Å². The van der Waals surface area contributed by atoms with Gasteiger partial charge in [0.25, 0.3) is 10.0 Å². The monoisotopic (exact) mass is 322 g/mol. The van der Waals surface area contributed by atoms with Gasteiger partial charge in [-0.2, -0.15) is 0 Å². The second-order valence-electron chi connectivity index (χ2n) is 4.84. The highest BCUT2D eigenvalue weighted by molar-refractivity contribution is 7.89. The molecule has 1 aromatic heterocycles. The van der Waals surface area contributed by atoms with E-state index in [1.165, 1.54) is 13.2 Å². The maximum Gasteiger partial charge on any atom is 0.257 e. The van der Waals surface area contributed by atoms with Crippen molar-refractivity contribution in [2.75, 3.05) is 12.5 Å². The molecule has 118 valence electrons. The van der Waals surface area contributed by atoms with E-state index in [1.807, 2.05) is 13.8 Å². The fourth-order valence-corrected chi connectivity index (χ4v) is 3.07. The highest BCUT2D eigenvalue weighted by atomic mass is 32.2. The van der Waals surface area contributed by atoms with E-state index in [-0.39, 0.29) is 10.8 Å². The van der Waals surface area contributed by atoms with Gasteiger partial charge in [0.2, 0.25) is 5.95 Å². The molecule has 1 aromatic carbocycles. The van der Waals surface area contributed by atoms with E-state index in [0.717, 1.165) is 11.4 Å². The topological polar surface area (TPSA) is 93.2 Å². The third-order valence-corrected chi connectivity index (χ3v) is 4.36. The molecule has 2 N–H and O–H groups in total. The van der Waals surface area contributed by atoms with Crippen molar-refractivity contribution < 1.29 is 13.2 Å². The first-order chi connectivity index (χ1) is 10.3. The van der Waals surface area contributed by atoms with Gasteiger partial charge in [0.15, 0.2) is 0 Å². The van der Waals surface area contributed by atoms with Gasteiger partial charge in [-0.25, -0.2) is 18.4 Å². The van der Waals surface area contributed by atoms with Crippen molar-refractivity contribution in [2.24, 2.45) is 0 Å². The lowest BCUT2D eigenvalue weighted by molar-refractivity contribution is 0.414. The van der Waals surface area contributed by atoms with Crippen molar-refractivity contribution in [2.45, 2.75) is 25.7 Å². The molecule has 0 radical (unpaired) electrons. The average Bonchev–Trinajstić information content (AvgIpc) is 2.44. The molecule has 2 rings (SSSR count). The molecule has 0 aliphatic heterocycles. The summed E-state index contributed by atoms with van der Waals surface area (Å²) in [6.07, 6.45) is 0. The van der Waals surface area contributed by atoms with E-state index < -0.39 is 10.0 Å². The van der Waals surface area contributed by atoms with Crippen LogP contribution < -0.4 is 15.0 Å². The van der Waals surface area contributed by atoms with Gasteiger partial charge in [0.05, 0.1) is 12.0 Å². The van der Waals surface area contributed by atoms with Crippen LogP contribution in [-0.4, -0.2) is 25.5 Å². The third-order valence-electron chi connectivity index (χ3n) is 2.95. The number of hydrogen-bond donors (Lipinski definition) is 2. The van der Waals surface area contributed by atoms with Crippen LogP contribution in [0.1, 0.15) is 17.0 Å². The van der Waals surface area contributed by atoms with E-state index in [0.29, 0.717) is 11.3 Å². The molecule has 22 heavy (non-hydrogen) atoms. The largest absolute Gasteiger partial charge is 0.497 e. The maximum absolute atomic E-state index is 12.3. The van der Waals surface area contributed by atoms with Gasteiger partial charge in [-0.3, -0.25) is 5.43 Å². The van der Waals surface area contributed by atoms with Crippen molar-refractivity contribution in [3.63, 3.8) is 0 Å². The zero-order valence-corrected chi connectivity index (χ0v) is 13.7. The van der Waals surface area contributed by atoms with Crippen LogP contribution in [0.3, 0.4) is 0 Å². The van der Waals surface area contributed by atoms with Crippen molar-refractivity contribution in [3.8, 4) is 5.75 Å². The molecule has 8 heteroatoms. The lowest BCUT2D eigenvalue weighted by atomic mass is 10.2. The minimum atomic E-state index is -3.74. The summed E-state index contributed by atoms with van der Waals surface area (Å²) in [6, 6.07) is 6.53. The summed E-state index contributed by atoms with van der Waals surface area (Å²) in [5, 5.41) is 0. The van der Waals surface area contributed by atoms with E-state index >= 15 is 0 Å². The van der Waals surface area contributed by atoms with Crippen molar-refractivity contribution in [3.05, 3.63) is 41.2 Å². The lowest BCUT2D eigenvalue weighted by Gasteiger charge is -2.11. The van der Waals surface area contributed by atoms with Gasteiger partial charge < -0.3 is 4.74 Å². The number of nitrogens with zero attached hydrogens (tertiary/aromatic N) is 2. The average molecular weight is 322 g/mol. The van der Waals surface area contributed by atoms with Gasteiger partial charge in [0.1, 0.15) is 5.75 Å². The van der Waals surface area contributed by atoms with Crippen molar-refractivity contribution in [1.82, 2.24) is 14.8 Å². The molecule has 1 heterocycles. The summed E-state index contributed by atoms with van der Waals surface area (Å²) in [4.78, 5) is 10.7.